The summed E-state index contributed by atoms with van der Waals surface area (Å²) in [4.78, 5) is 29.5. The summed E-state index contributed by atoms with van der Waals surface area (Å²) in [5, 5.41) is 10.8. The Labute approximate surface area is 178 Å². The fourth-order valence-electron chi connectivity index (χ4n) is 3.23. The molecular weight excluding hydrogens is 396 g/mol. The third-order valence-corrected chi connectivity index (χ3v) is 4.92. The highest BCUT2D eigenvalue weighted by Crippen LogP contribution is 2.15. The van der Waals surface area contributed by atoms with Crippen LogP contribution in [-0.2, 0) is 24.3 Å². The number of aryl methyl sites for hydroxylation is 1. The Morgan fingerprint density at radius 2 is 1.94 bits per heavy atom. The zero-order valence-corrected chi connectivity index (χ0v) is 17.3. The number of anilines is 1. The summed E-state index contributed by atoms with van der Waals surface area (Å²) in [6.45, 7) is 2.29. The van der Waals surface area contributed by atoms with Gasteiger partial charge in [0.1, 0.15) is 18.6 Å². The summed E-state index contributed by atoms with van der Waals surface area (Å²) in [6, 6.07) is 15.1. The van der Waals surface area contributed by atoms with Gasteiger partial charge in [-0.05, 0) is 41.8 Å². The van der Waals surface area contributed by atoms with Gasteiger partial charge in [0.15, 0.2) is 11.2 Å². The Bertz CT molecular complexity index is 1280. The van der Waals surface area contributed by atoms with Gasteiger partial charge in [-0.15, -0.1) is 5.10 Å². The first-order valence-electron chi connectivity index (χ1n) is 9.87. The molecule has 0 fully saturated rings. The number of hydrogen-bond donors (Lipinski definition) is 1. The summed E-state index contributed by atoms with van der Waals surface area (Å²) in [5.74, 6) is 0.406. The van der Waals surface area contributed by atoms with Crippen LogP contribution in [0.5, 0.6) is 5.75 Å². The van der Waals surface area contributed by atoms with Gasteiger partial charge in [0.05, 0.1) is 13.7 Å². The molecule has 0 atom stereocenters. The van der Waals surface area contributed by atoms with Crippen molar-refractivity contribution < 1.29 is 9.53 Å². The normalized spacial score (nSPS) is 10.9. The van der Waals surface area contributed by atoms with Crippen LogP contribution < -0.4 is 15.6 Å². The van der Waals surface area contributed by atoms with Gasteiger partial charge in [0.2, 0.25) is 5.91 Å². The average molecular weight is 418 g/mol. The van der Waals surface area contributed by atoms with Crippen LogP contribution in [0.3, 0.4) is 0 Å². The van der Waals surface area contributed by atoms with Crippen molar-refractivity contribution in [1.82, 2.24) is 24.5 Å². The molecule has 0 aliphatic rings. The Morgan fingerprint density at radius 1 is 1.13 bits per heavy atom. The molecule has 0 aliphatic carbocycles. The second-order valence-electron chi connectivity index (χ2n) is 7.05. The molecule has 4 rings (SSSR count). The summed E-state index contributed by atoms with van der Waals surface area (Å²) in [6.07, 6.45) is 2.27. The minimum Gasteiger partial charge on any atom is -0.497 e. The molecule has 2 aromatic heterocycles. The second kappa shape index (κ2) is 8.78. The van der Waals surface area contributed by atoms with E-state index in [1.807, 2.05) is 48.5 Å². The van der Waals surface area contributed by atoms with Crippen molar-refractivity contribution in [2.75, 3.05) is 12.4 Å². The highest BCUT2D eigenvalue weighted by molar-refractivity contribution is 5.90. The number of ether oxygens (including phenoxy) is 1. The van der Waals surface area contributed by atoms with Crippen molar-refractivity contribution in [3.63, 3.8) is 0 Å². The quantitative estimate of drug-likeness (QED) is 0.494. The fraction of sp³-hybridized carbons (Fsp3) is 0.227. The largest absolute Gasteiger partial charge is 0.497 e. The molecular formula is C22H22N6O3. The number of nitrogens with zero attached hydrogens (tertiary/aromatic N) is 5. The lowest BCUT2D eigenvalue weighted by Crippen LogP contribution is -2.28. The molecule has 9 nitrogen and oxygen atoms in total. The van der Waals surface area contributed by atoms with Crippen LogP contribution in [0.4, 0.5) is 5.69 Å². The predicted octanol–water partition coefficient (Wildman–Crippen LogP) is 2.25. The van der Waals surface area contributed by atoms with Crippen LogP contribution in [0.2, 0.25) is 0 Å². The fourth-order valence-corrected chi connectivity index (χ4v) is 3.23. The Balaban J connectivity index is 1.51. The summed E-state index contributed by atoms with van der Waals surface area (Å²) in [7, 11) is 1.60. The van der Waals surface area contributed by atoms with Crippen LogP contribution in [-0.4, -0.2) is 37.6 Å². The Morgan fingerprint density at radius 3 is 2.68 bits per heavy atom. The number of carbonyl (C=O) groups excluding carboxylic acids is 1. The minimum absolute atomic E-state index is 0.116. The predicted molar refractivity (Wildman–Crippen MR) is 116 cm³/mol. The van der Waals surface area contributed by atoms with Gasteiger partial charge in [-0.25, -0.2) is 9.67 Å². The van der Waals surface area contributed by atoms with Crippen LogP contribution >= 0.6 is 0 Å². The lowest BCUT2D eigenvalue weighted by Gasteiger charge is -2.08. The van der Waals surface area contributed by atoms with E-state index in [1.165, 1.54) is 16.5 Å². The summed E-state index contributed by atoms with van der Waals surface area (Å²) in [5.41, 5.74) is 2.85. The Hall–Kier alpha value is -4.01. The van der Waals surface area contributed by atoms with E-state index in [1.54, 1.807) is 11.8 Å². The first-order chi connectivity index (χ1) is 15.1. The summed E-state index contributed by atoms with van der Waals surface area (Å²) >= 11 is 0. The smallest absolute Gasteiger partial charge is 0.283 e. The highest BCUT2D eigenvalue weighted by Gasteiger charge is 2.14. The molecule has 2 aromatic carbocycles. The molecule has 0 saturated heterocycles. The van der Waals surface area contributed by atoms with Crippen molar-refractivity contribution >= 4 is 22.8 Å². The second-order valence-corrected chi connectivity index (χ2v) is 7.05. The number of benzene rings is 2. The third kappa shape index (κ3) is 4.45. The molecule has 158 valence electrons. The molecule has 31 heavy (non-hydrogen) atoms. The molecule has 4 aromatic rings. The van der Waals surface area contributed by atoms with Gasteiger partial charge in [-0.2, -0.15) is 0 Å². The van der Waals surface area contributed by atoms with Gasteiger partial charge >= 0.3 is 0 Å². The van der Waals surface area contributed by atoms with Crippen LogP contribution in [0, 0.1) is 0 Å². The van der Waals surface area contributed by atoms with E-state index in [4.69, 9.17) is 4.74 Å². The van der Waals surface area contributed by atoms with Gasteiger partial charge in [-0.1, -0.05) is 36.4 Å². The maximum absolute atomic E-state index is 12.8. The number of aromatic nitrogens is 5. The summed E-state index contributed by atoms with van der Waals surface area (Å²) < 4.78 is 8.01. The highest BCUT2D eigenvalue weighted by atomic mass is 16.5. The number of methoxy groups -OCH3 is 1. The minimum atomic E-state index is -0.418. The molecule has 0 saturated carbocycles. The number of nitrogens with one attached hydrogen (secondary N) is 1. The molecule has 2 heterocycles. The maximum atomic E-state index is 12.8. The van der Waals surface area contributed by atoms with E-state index in [-0.39, 0.29) is 18.0 Å². The first-order valence-corrected chi connectivity index (χ1v) is 9.87. The SMILES string of the molecule is CCc1ccc(NC(=O)Cn2cnc3c(nnn3Cc3cccc(OC)c3)c2=O)cc1. The van der Waals surface area contributed by atoms with E-state index >= 15 is 0 Å². The number of fused-ring (bicyclic) bond motifs is 1. The molecule has 9 heteroatoms. The molecule has 0 radical (unpaired) electrons. The van der Waals surface area contributed by atoms with Crippen molar-refractivity contribution in [2.24, 2.45) is 0 Å². The van der Waals surface area contributed by atoms with Crippen molar-refractivity contribution in [2.45, 2.75) is 26.4 Å². The van der Waals surface area contributed by atoms with E-state index in [2.05, 4.69) is 27.5 Å². The van der Waals surface area contributed by atoms with Crippen LogP contribution in [0.1, 0.15) is 18.1 Å². The van der Waals surface area contributed by atoms with Crippen molar-refractivity contribution in [3.8, 4) is 5.75 Å². The number of hydrogen-bond acceptors (Lipinski definition) is 6. The number of amides is 1. The molecule has 0 aliphatic heterocycles. The van der Waals surface area contributed by atoms with Gasteiger partial charge in [-0.3, -0.25) is 14.2 Å². The lowest BCUT2D eigenvalue weighted by molar-refractivity contribution is -0.116. The van der Waals surface area contributed by atoms with E-state index in [9.17, 15) is 9.59 Å². The molecule has 0 spiro atoms. The van der Waals surface area contributed by atoms with Gasteiger partial charge < -0.3 is 10.1 Å². The van der Waals surface area contributed by atoms with Crippen molar-refractivity contribution in [3.05, 3.63) is 76.3 Å². The zero-order chi connectivity index (χ0) is 21.8. The van der Waals surface area contributed by atoms with Crippen LogP contribution in [0.15, 0.2) is 59.7 Å². The third-order valence-electron chi connectivity index (χ3n) is 4.92. The van der Waals surface area contributed by atoms with E-state index in [0.29, 0.717) is 17.9 Å². The van der Waals surface area contributed by atoms with E-state index in [0.717, 1.165) is 17.7 Å². The van der Waals surface area contributed by atoms with Crippen molar-refractivity contribution in [1.29, 1.82) is 0 Å². The standard InChI is InChI=1S/C22H22N6O3/c1-3-15-7-9-17(10-8-15)24-19(29)13-27-14-23-21-20(22(27)30)25-26-28(21)12-16-5-4-6-18(11-16)31-2/h4-11,14H,3,12-13H2,1-2H3,(H,24,29). The monoisotopic (exact) mass is 418 g/mol. The average Bonchev–Trinajstić information content (AvgIpc) is 3.19. The molecule has 0 unspecified atom stereocenters. The first kappa shape index (κ1) is 20.3. The van der Waals surface area contributed by atoms with Gasteiger partial charge in [0.25, 0.3) is 5.56 Å². The molecule has 1 amide bonds. The Kier molecular flexibility index (Phi) is 5.74. The molecule has 1 N–H and O–H groups in total. The zero-order valence-electron chi connectivity index (χ0n) is 17.3. The molecule has 0 bridgehead atoms. The number of carbonyl (C=O) groups is 1. The van der Waals surface area contributed by atoms with Gasteiger partial charge in [0, 0.05) is 5.69 Å². The van der Waals surface area contributed by atoms with Crippen LogP contribution in [0.25, 0.3) is 11.2 Å². The number of rotatable bonds is 7. The topological polar surface area (TPSA) is 104 Å². The lowest BCUT2D eigenvalue weighted by atomic mass is 10.1. The van der Waals surface area contributed by atoms with E-state index < -0.39 is 5.56 Å². The maximum Gasteiger partial charge on any atom is 0.283 e.